The van der Waals surface area contributed by atoms with E-state index >= 15 is 0 Å². The van der Waals surface area contributed by atoms with Gasteiger partial charge in [-0.3, -0.25) is 9.10 Å². The smallest absolute Gasteiger partial charge is 0.243 e. The Balaban J connectivity index is 1.55. The first-order valence-electron chi connectivity index (χ1n) is 10.9. The molecule has 1 atom stereocenters. The Labute approximate surface area is 203 Å². The van der Waals surface area contributed by atoms with Crippen molar-refractivity contribution in [3.8, 4) is 5.75 Å². The van der Waals surface area contributed by atoms with Crippen LogP contribution in [0.15, 0.2) is 47.4 Å². The predicted molar refractivity (Wildman–Crippen MR) is 126 cm³/mol. The van der Waals surface area contributed by atoms with Crippen molar-refractivity contribution in [1.29, 1.82) is 0 Å². The average Bonchev–Trinajstić information content (AvgIpc) is 3.34. The van der Waals surface area contributed by atoms with Crippen molar-refractivity contribution in [3.63, 3.8) is 0 Å². The van der Waals surface area contributed by atoms with Crippen LogP contribution in [-0.2, 0) is 24.8 Å². The molecule has 1 saturated heterocycles. The van der Waals surface area contributed by atoms with Gasteiger partial charge in [0.2, 0.25) is 26.0 Å². The molecule has 0 aliphatic carbocycles. The summed E-state index contributed by atoms with van der Waals surface area (Å²) in [4.78, 5) is 12.7. The van der Waals surface area contributed by atoms with Gasteiger partial charge in [0.25, 0.3) is 0 Å². The van der Waals surface area contributed by atoms with Gasteiger partial charge < -0.3 is 10.1 Å². The van der Waals surface area contributed by atoms with E-state index in [4.69, 9.17) is 4.74 Å². The van der Waals surface area contributed by atoms with E-state index in [1.54, 1.807) is 0 Å². The molecule has 0 saturated carbocycles. The lowest BCUT2D eigenvalue weighted by Crippen LogP contribution is -2.48. The van der Waals surface area contributed by atoms with Crippen LogP contribution < -0.4 is 14.4 Å². The maximum atomic E-state index is 13.6. The van der Waals surface area contributed by atoms with Gasteiger partial charge in [-0.2, -0.15) is 4.31 Å². The van der Waals surface area contributed by atoms with Gasteiger partial charge in [0, 0.05) is 19.2 Å². The van der Waals surface area contributed by atoms with Gasteiger partial charge in [-0.1, -0.05) is 0 Å². The maximum absolute atomic E-state index is 13.6. The van der Waals surface area contributed by atoms with E-state index in [0.717, 1.165) is 31.2 Å². The average molecular weight is 532 g/mol. The van der Waals surface area contributed by atoms with Gasteiger partial charge in [0.15, 0.2) is 11.6 Å². The molecule has 0 spiro atoms. The van der Waals surface area contributed by atoms with Crippen molar-refractivity contribution >= 4 is 31.6 Å². The molecule has 2 aromatic rings. The zero-order chi connectivity index (χ0) is 25.8. The van der Waals surface area contributed by atoms with Crippen LogP contribution in [0.5, 0.6) is 5.75 Å². The zero-order valence-electron chi connectivity index (χ0n) is 19.3. The van der Waals surface area contributed by atoms with Crippen LogP contribution in [0.3, 0.4) is 0 Å². The van der Waals surface area contributed by atoms with Crippen LogP contribution in [0, 0.1) is 11.6 Å². The van der Waals surface area contributed by atoms with E-state index in [2.05, 4.69) is 5.32 Å². The number of carbonyl (C=O) groups excluding carboxylic acids is 1. The van der Waals surface area contributed by atoms with E-state index in [1.165, 1.54) is 35.5 Å². The van der Waals surface area contributed by atoms with Crippen LogP contribution in [0.2, 0.25) is 0 Å². The summed E-state index contributed by atoms with van der Waals surface area (Å²) in [7, 11) is -7.52. The molecular weight excluding hydrogens is 504 g/mol. The molecule has 0 aromatic heterocycles. The Bertz CT molecular complexity index is 1260. The number of amides is 1. The summed E-state index contributed by atoms with van der Waals surface area (Å²) in [6.07, 6.45) is 2.54. The number of nitrogens with one attached hydrogen (secondary N) is 1. The number of hydrogen-bond donors (Lipinski definition) is 1. The van der Waals surface area contributed by atoms with Crippen molar-refractivity contribution < 1.29 is 35.1 Å². The molecule has 1 aliphatic rings. The van der Waals surface area contributed by atoms with E-state index in [-0.39, 0.29) is 23.7 Å². The second kappa shape index (κ2) is 10.9. The molecule has 1 fully saturated rings. The lowest BCUT2D eigenvalue weighted by Gasteiger charge is -2.28. The monoisotopic (exact) mass is 531 g/mol. The number of nitrogens with zero attached hydrogens (tertiary/aromatic N) is 2. The number of benzene rings is 2. The van der Waals surface area contributed by atoms with Crippen molar-refractivity contribution in [3.05, 3.63) is 54.1 Å². The molecule has 0 bridgehead atoms. The number of hydrogen-bond acceptors (Lipinski definition) is 6. The summed E-state index contributed by atoms with van der Waals surface area (Å²) in [5.74, 6) is -2.66. The van der Waals surface area contributed by atoms with Crippen LogP contribution in [0.4, 0.5) is 14.5 Å². The summed E-state index contributed by atoms with van der Waals surface area (Å²) in [5.41, 5.74) is -0.186. The minimum Gasteiger partial charge on any atom is -0.492 e. The topological polar surface area (TPSA) is 113 Å². The number of carbonyl (C=O) groups is 1. The predicted octanol–water partition coefficient (Wildman–Crippen LogP) is 2.10. The molecule has 3 rings (SSSR count). The number of sulfonamides is 2. The van der Waals surface area contributed by atoms with Crippen LogP contribution in [-0.4, -0.2) is 65.6 Å². The molecule has 35 heavy (non-hydrogen) atoms. The quantitative estimate of drug-likeness (QED) is 0.470. The molecular formula is C22H27F2N3O6S2. The third kappa shape index (κ3) is 6.47. The molecule has 1 N–H and O–H groups in total. The lowest BCUT2D eigenvalue weighted by atomic mass is 10.2. The summed E-state index contributed by atoms with van der Waals surface area (Å²) in [6.45, 7) is 2.38. The third-order valence-electron chi connectivity index (χ3n) is 5.44. The van der Waals surface area contributed by atoms with Crippen molar-refractivity contribution in [2.75, 3.05) is 36.8 Å². The molecule has 1 heterocycles. The van der Waals surface area contributed by atoms with E-state index in [1.807, 2.05) is 0 Å². The van der Waals surface area contributed by atoms with Crippen LogP contribution in [0.1, 0.15) is 19.8 Å². The summed E-state index contributed by atoms with van der Waals surface area (Å²) in [6, 6.07) is 7.25. The van der Waals surface area contributed by atoms with Gasteiger partial charge in [-0.15, -0.1) is 0 Å². The molecule has 1 amide bonds. The lowest BCUT2D eigenvalue weighted by molar-refractivity contribution is -0.121. The Morgan fingerprint density at radius 1 is 1.06 bits per heavy atom. The highest BCUT2D eigenvalue weighted by molar-refractivity contribution is 7.92. The van der Waals surface area contributed by atoms with Gasteiger partial charge in [-0.25, -0.2) is 25.6 Å². The third-order valence-corrected chi connectivity index (χ3v) is 8.60. The van der Waals surface area contributed by atoms with Gasteiger partial charge in [0.1, 0.15) is 18.4 Å². The van der Waals surface area contributed by atoms with Crippen molar-refractivity contribution in [1.82, 2.24) is 9.62 Å². The van der Waals surface area contributed by atoms with Gasteiger partial charge in [0.05, 0.1) is 23.4 Å². The van der Waals surface area contributed by atoms with E-state index in [9.17, 15) is 30.4 Å². The normalized spacial score (nSPS) is 15.5. The minimum absolute atomic E-state index is 0.0202. The van der Waals surface area contributed by atoms with Crippen LogP contribution >= 0.6 is 0 Å². The van der Waals surface area contributed by atoms with Crippen LogP contribution in [0.25, 0.3) is 0 Å². The van der Waals surface area contributed by atoms with Gasteiger partial charge >= 0.3 is 0 Å². The maximum Gasteiger partial charge on any atom is 0.243 e. The minimum atomic E-state index is -3.99. The second-order valence-electron chi connectivity index (χ2n) is 8.06. The highest BCUT2D eigenvalue weighted by Crippen LogP contribution is 2.24. The first-order chi connectivity index (χ1) is 16.4. The number of rotatable bonds is 10. The zero-order valence-corrected chi connectivity index (χ0v) is 20.9. The van der Waals surface area contributed by atoms with E-state index in [0.29, 0.717) is 29.2 Å². The molecule has 0 radical (unpaired) electrons. The first kappa shape index (κ1) is 26.8. The van der Waals surface area contributed by atoms with Gasteiger partial charge in [-0.05, 0) is 56.2 Å². The Hall–Kier alpha value is -2.77. The summed E-state index contributed by atoms with van der Waals surface area (Å²) < 4.78 is 84.1. The molecule has 2 aromatic carbocycles. The Morgan fingerprint density at radius 2 is 1.69 bits per heavy atom. The standard InChI is InChI=1S/C22H27F2N3O6S2/c1-16(27(34(2,29)30)17-5-10-20(23)21(24)15-17)22(28)25-11-14-33-18-6-8-19(9-7-18)35(31,32)26-12-3-4-13-26/h5-10,15-16H,3-4,11-14H2,1-2H3,(H,25,28)/t16-/m1/s1. The summed E-state index contributed by atoms with van der Waals surface area (Å²) in [5, 5.41) is 2.53. The number of ether oxygens (including phenoxy) is 1. The van der Waals surface area contributed by atoms with Crippen molar-refractivity contribution in [2.24, 2.45) is 0 Å². The molecule has 1 aliphatic heterocycles. The molecule has 9 nitrogen and oxygen atoms in total. The molecule has 0 unspecified atom stereocenters. The number of anilines is 1. The highest BCUT2D eigenvalue weighted by Gasteiger charge is 2.30. The van der Waals surface area contributed by atoms with Crippen molar-refractivity contribution in [2.45, 2.75) is 30.7 Å². The number of halogens is 2. The van der Waals surface area contributed by atoms with E-state index < -0.39 is 43.6 Å². The Morgan fingerprint density at radius 3 is 2.26 bits per heavy atom. The molecule has 192 valence electrons. The highest BCUT2D eigenvalue weighted by atomic mass is 32.2. The fourth-order valence-corrected chi connectivity index (χ4v) is 6.39. The largest absolute Gasteiger partial charge is 0.492 e. The summed E-state index contributed by atoms with van der Waals surface area (Å²) >= 11 is 0. The second-order valence-corrected chi connectivity index (χ2v) is 11.9. The first-order valence-corrected chi connectivity index (χ1v) is 14.2. The Kier molecular flexibility index (Phi) is 8.34. The fourth-order valence-electron chi connectivity index (χ4n) is 3.71. The SMILES string of the molecule is C[C@H](C(=O)NCCOc1ccc(S(=O)(=O)N2CCCC2)cc1)N(c1ccc(F)c(F)c1)S(C)(=O)=O. The fraction of sp³-hybridized carbons (Fsp3) is 0.409. The molecule has 13 heteroatoms.